The molecule has 2 amide bonds. The lowest BCUT2D eigenvalue weighted by atomic mass is 9.97. The first-order valence-corrected chi connectivity index (χ1v) is 9.08. The van der Waals surface area contributed by atoms with Crippen molar-refractivity contribution >= 4 is 28.3 Å². The summed E-state index contributed by atoms with van der Waals surface area (Å²) in [7, 11) is 2.86. The summed E-state index contributed by atoms with van der Waals surface area (Å²) < 4.78 is 25.1. The Labute approximate surface area is 166 Å². The van der Waals surface area contributed by atoms with Gasteiger partial charge in [-0.15, -0.1) is 0 Å². The Bertz CT molecular complexity index is 938. The third kappa shape index (κ3) is 3.88. The van der Waals surface area contributed by atoms with Crippen LogP contribution < -0.4 is 26.0 Å². The molecule has 2 heterocycles. The fraction of sp³-hybridized carbons (Fsp3) is 0.421. The number of hydrogen-bond donors (Lipinski definition) is 3. The van der Waals surface area contributed by atoms with Gasteiger partial charge < -0.3 is 20.5 Å². The number of halogens is 1. The van der Waals surface area contributed by atoms with E-state index in [1.54, 1.807) is 12.1 Å². The average Bonchev–Trinajstić information content (AvgIpc) is 2.99. The lowest BCUT2D eigenvalue weighted by Crippen LogP contribution is -2.34. The minimum absolute atomic E-state index is 0.0453. The quantitative estimate of drug-likeness (QED) is 0.568. The first-order chi connectivity index (χ1) is 13.9. The zero-order valence-electron chi connectivity index (χ0n) is 16.3. The summed E-state index contributed by atoms with van der Waals surface area (Å²) in [6, 6.07) is 2.67. The standard InChI is InChI=1S/C19H23FN4O5/c1-4-9-14(23-18(26)16(9)20)8-29-19-11-6-15(27-2)12(17(21)25)5-10(11)13(7-22-19)24-28-3/h5-7,9,14,16,24H,4,8H2,1-3H3,(H2,21,25)(H,23,26)/t9-,14?,16?/m0/s1. The van der Waals surface area contributed by atoms with E-state index in [0.717, 1.165) is 0 Å². The van der Waals surface area contributed by atoms with Crippen LogP contribution in [0.2, 0.25) is 0 Å². The maximum atomic E-state index is 14.0. The minimum Gasteiger partial charge on any atom is -0.496 e. The fourth-order valence-electron chi connectivity index (χ4n) is 3.50. The maximum absolute atomic E-state index is 14.0. The number of nitrogens with two attached hydrogens (primary N) is 1. The van der Waals surface area contributed by atoms with Crippen molar-refractivity contribution in [2.75, 3.05) is 26.3 Å². The maximum Gasteiger partial charge on any atom is 0.255 e. The molecule has 0 radical (unpaired) electrons. The van der Waals surface area contributed by atoms with Gasteiger partial charge in [-0.25, -0.2) is 9.37 Å². The van der Waals surface area contributed by atoms with E-state index in [0.29, 0.717) is 22.9 Å². The van der Waals surface area contributed by atoms with Crippen molar-refractivity contribution in [3.8, 4) is 11.6 Å². The Hall–Kier alpha value is -3.14. The van der Waals surface area contributed by atoms with Crippen molar-refractivity contribution in [1.82, 2.24) is 10.3 Å². The third-order valence-electron chi connectivity index (χ3n) is 4.99. The summed E-state index contributed by atoms with van der Waals surface area (Å²) in [4.78, 5) is 32.7. The number of methoxy groups -OCH3 is 1. The Morgan fingerprint density at radius 1 is 1.34 bits per heavy atom. The second-order valence-electron chi connectivity index (χ2n) is 6.65. The van der Waals surface area contributed by atoms with E-state index in [2.05, 4.69) is 15.8 Å². The molecule has 1 aromatic heterocycles. The zero-order valence-corrected chi connectivity index (χ0v) is 16.3. The number of primary amides is 1. The van der Waals surface area contributed by atoms with Crippen LogP contribution in [0.4, 0.5) is 10.1 Å². The molecule has 3 atom stereocenters. The molecule has 0 spiro atoms. The zero-order chi connectivity index (χ0) is 21.1. The largest absolute Gasteiger partial charge is 0.496 e. The molecule has 1 saturated heterocycles. The molecule has 4 N–H and O–H groups in total. The van der Waals surface area contributed by atoms with Gasteiger partial charge in [0.2, 0.25) is 5.88 Å². The number of carbonyl (C=O) groups is 2. The first-order valence-electron chi connectivity index (χ1n) is 9.08. The Morgan fingerprint density at radius 2 is 2.10 bits per heavy atom. The summed E-state index contributed by atoms with van der Waals surface area (Å²) >= 11 is 0. The van der Waals surface area contributed by atoms with Gasteiger partial charge in [0.25, 0.3) is 11.8 Å². The lowest BCUT2D eigenvalue weighted by molar-refractivity contribution is -0.123. The van der Waals surface area contributed by atoms with E-state index < -0.39 is 29.9 Å². The van der Waals surface area contributed by atoms with Gasteiger partial charge >= 0.3 is 0 Å². The lowest BCUT2D eigenvalue weighted by Gasteiger charge is -2.19. The average molecular weight is 406 g/mol. The summed E-state index contributed by atoms with van der Waals surface area (Å²) in [5, 5.41) is 3.71. The predicted molar refractivity (Wildman–Crippen MR) is 104 cm³/mol. The molecule has 29 heavy (non-hydrogen) atoms. The van der Waals surface area contributed by atoms with Crippen LogP contribution in [0.3, 0.4) is 0 Å². The molecule has 9 nitrogen and oxygen atoms in total. The second kappa shape index (κ2) is 8.48. The molecule has 1 aliphatic rings. The van der Waals surface area contributed by atoms with Gasteiger partial charge in [-0.1, -0.05) is 6.92 Å². The molecular weight excluding hydrogens is 383 g/mol. The number of rotatable bonds is 8. The van der Waals surface area contributed by atoms with Gasteiger partial charge in [-0.3, -0.25) is 19.9 Å². The van der Waals surface area contributed by atoms with Crippen molar-refractivity contribution in [1.29, 1.82) is 0 Å². The number of carbonyl (C=O) groups excluding carboxylic acids is 2. The highest BCUT2D eigenvalue weighted by Gasteiger charge is 2.41. The van der Waals surface area contributed by atoms with Crippen LogP contribution in [-0.2, 0) is 9.63 Å². The molecule has 1 fully saturated rings. The van der Waals surface area contributed by atoms with Crippen molar-refractivity contribution < 1.29 is 28.3 Å². The number of hydrogen-bond acceptors (Lipinski definition) is 7. The molecule has 0 bridgehead atoms. The number of amides is 2. The van der Waals surface area contributed by atoms with Crippen LogP contribution in [0.1, 0.15) is 23.7 Å². The Kier molecular flexibility index (Phi) is 6.02. The topological polar surface area (TPSA) is 125 Å². The molecular formula is C19H23FN4O5. The number of anilines is 1. The summed E-state index contributed by atoms with van der Waals surface area (Å²) in [5.41, 5.74) is 8.81. The number of ether oxygens (including phenoxy) is 2. The van der Waals surface area contributed by atoms with E-state index in [9.17, 15) is 14.0 Å². The van der Waals surface area contributed by atoms with Crippen molar-refractivity contribution in [3.63, 3.8) is 0 Å². The van der Waals surface area contributed by atoms with Crippen LogP contribution in [-0.4, -0.2) is 49.8 Å². The van der Waals surface area contributed by atoms with E-state index in [1.807, 2.05) is 6.92 Å². The van der Waals surface area contributed by atoms with Crippen molar-refractivity contribution in [2.45, 2.75) is 25.6 Å². The first kappa shape index (κ1) is 20.6. The van der Waals surface area contributed by atoms with E-state index in [1.165, 1.54) is 20.4 Å². The van der Waals surface area contributed by atoms with E-state index in [4.69, 9.17) is 20.0 Å². The van der Waals surface area contributed by atoms with Gasteiger partial charge in [0.15, 0.2) is 6.17 Å². The van der Waals surface area contributed by atoms with Gasteiger partial charge in [-0.05, 0) is 18.6 Å². The van der Waals surface area contributed by atoms with Gasteiger partial charge in [0, 0.05) is 16.7 Å². The number of nitrogens with zero attached hydrogens (tertiary/aromatic N) is 1. The predicted octanol–water partition coefficient (Wildman–Crippen LogP) is 1.56. The van der Waals surface area contributed by atoms with Gasteiger partial charge in [-0.2, -0.15) is 0 Å². The Balaban J connectivity index is 1.98. The molecule has 0 aliphatic carbocycles. The van der Waals surface area contributed by atoms with Crippen LogP contribution in [0, 0.1) is 5.92 Å². The third-order valence-corrected chi connectivity index (χ3v) is 4.99. The SMILES string of the molecule is CC[C@H]1C(COc2ncc(NOC)c3cc(C(N)=O)c(OC)cc23)NC(=O)C1F. The van der Waals surface area contributed by atoms with Gasteiger partial charge in [0.05, 0.1) is 37.7 Å². The van der Waals surface area contributed by atoms with Gasteiger partial charge in [0.1, 0.15) is 12.4 Å². The van der Waals surface area contributed by atoms with Crippen molar-refractivity contribution in [3.05, 3.63) is 23.9 Å². The fourth-order valence-corrected chi connectivity index (χ4v) is 3.50. The number of aromatic nitrogens is 1. The Morgan fingerprint density at radius 3 is 2.72 bits per heavy atom. The molecule has 0 saturated carbocycles. The normalized spacial score (nSPS) is 21.1. The molecule has 2 aromatic rings. The highest BCUT2D eigenvalue weighted by Crippen LogP contribution is 2.35. The molecule has 2 unspecified atom stereocenters. The van der Waals surface area contributed by atoms with Crippen LogP contribution in [0.5, 0.6) is 11.6 Å². The van der Waals surface area contributed by atoms with Crippen molar-refractivity contribution in [2.24, 2.45) is 11.7 Å². The molecule has 1 aliphatic heterocycles. The van der Waals surface area contributed by atoms with Crippen LogP contribution in [0.25, 0.3) is 10.8 Å². The smallest absolute Gasteiger partial charge is 0.255 e. The number of fused-ring (bicyclic) bond motifs is 1. The molecule has 1 aromatic carbocycles. The molecule has 156 valence electrons. The van der Waals surface area contributed by atoms with Crippen LogP contribution >= 0.6 is 0 Å². The number of pyridine rings is 1. The highest BCUT2D eigenvalue weighted by atomic mass is 19.1. The summed E-state index contributed by atoms with van der Waals surface area (Å²) in [5.74, 6) is -1.26. The highest BCUT2D eigenvalue weighted by molar-refractivity contribution is 6.05. The summed E-state index contributed by atoms with van der Waals surface area (Å²) in [6.45, 7) is 1.86. The number of nitrogens with one attached hydrogen (secondary N) is 2. The monoisotopic (exact) mass is 406 g/mol. The van der Waals surface area contributed by atoms with E-state index >= 15 is 0 Å². The minimum atomic E-state index is -1.55. The number of alkyl halides is 1. The summed E-state index contributed by atoms with van der Waals surface area (Å²) in [6.07, 6.45) is 0.417. The number of benzene rings is 1. The second-order valence-corrected chi connectivity index (χ2v) is 6.65. The van der Waals surface area contributed by atoms with E-state index in [-0.39, 0.29) is 23.8 Å². The molecule has 3 rings (SSSR count). The molecule has 10 heteroatoms. The van der Waals surface area contributed by atoms with Crippen LogP contribution in [0.15, 0.2) is 18.3 Å².